The summed E-state index contributed by atoms with van der Waals surface area (Å²) in [4.78, 5) is 36.4. The van der Waals surface area contributed by atoms with Crippen LogP contribution in [0.4, 0.5) is 0 Å². The SMILES string of the molecule is O=C(O)CCNC(=O)CSc1ncccc1C(=O)O. The van der Waals surface area contributed by atoms with Crippen molar-refractivity contribution in [2.24, 2.45) is 0 Å². The van der Waals surface area contributed by atoms with Crippen LogP contribution in [0.25, 0.3) is 0 Å². The first-order valence-corrected chi connectivity index (χ1v) is 6.29. The molecule has 0 fully saturated rings. The molecule has 0 radical (unpaired) electrons. The number of aromatic carboxylic acids is 1. The molecule has 19 heavy (non-hydrogen) atoms. The zero-order valence-electron chi connectivity index (χ0n) is 9.83. The number of nitrogens with one attached hydrogen (secondary N) is 1. The molecule has 1 heterocycles. The molecule has 1 aromatic heterocycles. The number of pyridine rings is 1. The highest BCUT2D eigenvalue weighted by molar-refractivity contribution is 8.00. The second kappa shape index (κ2) is 7.37. The molecule has 1 amide bonds. The summed E-state index contributed by atoms with van der Waals surface area (Å²) >= 11 is 0.991. The Morgan fingerprint density at radius 1 is 1.32 bits per heavy atom. The number of thioether (sulfide) groups is 1. The van der Waals surface area contributed by atoms with E-state index in [9.17, 15) is 14.4 Å². The molecule has 8 heteroatoms. The quantitative estimate of drug-likeness (QED) is 0.623. The Hall–Kier alpha value is -2.09. The molecular weight excluding hydrogens is 272 g/mol. The van der Waals surface area contributed by atoms with E-state index in [-0.39, 0.29) is 35.2 Å². The van der Waals surface area contributed by atoms with Gasteiger partial charge in [-0.2, -0.15) is 0 Å². The molecule has 1 aromatic rings. The predicted molar refractivity (Wildman–Crippen MR) is 67.2 cm³/mol. The van der Waals surface area contributed by atoms with E-state index in [1.165, 1.54) is 18.3 Å². The molecule has 0 bridgehead atoms. The van der Waals surface area contributed by atoms with Crippen molar-refractivity contribution in [1.29, 1.82) is 0 Å². The van der Waals surface area contributed by atoms with Crippen molar-refractivity contribution in [3.63, 3.8) is 0 Å². The molecule has 0 aliphatic heterocycles. The van der Waals surface area contributed by atoms with Gasteiger partial charge in [0.25, 0.3) is 0 Å². The highest BCUT2D eigenvalue weighted by Crippen LogP contribution is 2.19. The van der Waals surface area contributed by atoms with Crippen molar-refractivity contribution in [1.82, 2.24) is 10.3 Å². The lowest BCUT2D eigenvalue weighted by atomic mass is 10.3. The first-order chi connectivity index (χ1) is 9.00. The van der Waals surface area contributed by atoms with Crippen LogP contribution in [0.15, 0.2) is 23.4 Å². The second-order valence-corrected chi connectivity index (χ2v) is 4.41. The lowest BCUT2D eigenvalue weighted by Gasteiger charge is -2.05. The number of carbonyl (C=O) groups is 3. The highest BCUT2D eigenvalue weighted by Gasteiger charge is 2.12. The van der Waals surface area contributed by atoms with Crippen molar-refractivity contribution in [3.05, 3.63) is 23.9 Å². The van der Waals surface area contributed by atoms with Gasteiger partial charge in [-0.15, -0.1) is 0 Å². The van der Waals surface area contributed by atoms with Crippen LogP contribution in [0.2, 0.25) is 0 Å². The summed E-state index contributed by atoms with van der Waals surface area (Å²) in [6.45, 7) is 0.0444. The fourth-order valence-corrected chi connectivity index (χ4v) is 1.98. The summed E-state index contributed by atoms with van der Waals surface area (Å²) in [5, 5.41) is 20.0. The van der Waals surface area contributed by atoms with E-state index in [1.54, 1.807) is 0 Å². The number of aromatic nitrogens is 1. The Labute approximate surface area is 113 Å². The number of aliphatic carboxylic acids is 1. The van der Waals surface area contributed by atoms with Crippen molar-refractivity contribution in [2.75, 3.05) is 12.3 Å². The van der Waals surface area contributed by atoms with Gasteiger partial charge >= 0.3 is 11.9 Å². The van der Waals surface area contributed by atoms with Crippen LogP contribution in [0.1, 0.15) is 16.8 Å². The molecule has 0 saturated heterocycles. The van der Waals surface area contributed by atoms with Gasteiger partial charge in [-0.1, -0.05) is 11.8 Å². The lowest BCUT2D eigenvalue weighted by molar-refractivity contribution is -0.136. The third-order valence-electron chi connectivity index (χ3n) is 2.00. The van der Waals surface area contributed by atoms with Gasteiger partial charge in [0.15, 0.2) is 0 Å². The molecule has 1 rings (SSSR count). The third-order valence-corrected chi connectivity index (χ3v) is 3.01. The van der Waals surface area contributed by atoms with Crippen LogP contribution in [0, 0.1) is 0 Å². The number of amides is 1. The van der Waals surface area contributed by atoms with Gasteiger partial charge in [-0.3, -0.25) is 9.59 Å². The molecule has 0 aliphatic carbocycles. The zero-order valence-corrected chi connectivity index (χ0v) is 10.6. The number of rotatable bonds is 7. The van der Waals surface area contributed by atoms with Gasteiger partial charge in [-0.05, 0) is 12.1 Å². The first-order valence-electron chi connectivity index (χ1n) is 5.30. The van der Waals surface area contributed by atoms with Gasteiger partial charge in [0, 0.05) is 12.7 Å². The van der Waals surface area contributed by atoms with Gasteiger partial charge in [0.2, 0.25) is 5.91 Å². The number of carboxylic acids is 2. The average Bonchev–Trinajstić information content (AvgIpc) is 2.36. The largest absolute Gasteiger partial charge is 0.481 e. The minimum absolute atomic E-state index is 0.0170. The monoisotopic (exact) mass is 284 g/mol. The Kier molecular flexibility index (Phi) is 5.80. The van der Waals surface area contributed by atoms with Crippen LogP contribution < -0.4 is 5.32 Å². The van der Waals surface area contributed by atoms with Crippen LogP contribution in [-0.4, -0.2) is 45.3 Å². The van der Waals surface area contributed by atoms with Crippen molar-refractivity contribution < 1.29 is 24.6 Å². The summed E-state index contributed by atoms with van der Waals surface area (Å²) in [7, 11) is 0. The minimum Gasteiger partial charge on any atom is -0.481 e. The smallest absolute Gasteiger partial charge is 0.338 e. The van der Waals surface area contributed by atoms with Gasteiger partial charge in [-0.25, -0.2) is 9.78 Å². The maximum atomic E-state index is 11.4. The normalized spacial score (nSPS) is 9.89. The van der Waals surface area contributed by atoms with Crippen molar-refractivity contribution >= 4 is 29.6 Å². The number of nitrogens with zero attached hydrogens (tertiary/aromatic N) is 1. The lowest BCUT2D eigenvalue weighted by Crippen LogP contribution is -2.27. The Morgan fingerprint density at radius 3 is 2.68 bits per heavy atom. The molecule has 102 valence electrons. The first kappa shape index (κ1) is 15.0. The average molecular weight is 284 g/mol. The van der Waals surface area contributed by atoms with E-state index in [0.717, 1.165) is 11.8 Å². The van der Waals surface area contributed by atoms with Crippen LogP contribution in [0.5, 0.6) is 0 Å². The van der Waals surface area contributed by atoms with Crippen LogP contribution in [0.3, 0.4) is 0 Å². The summed E-state index contributed by atoms with van der Waals surface area (Å²) in [6, 6.07) is 2.90. The topological polar surface area (TPSA) is 117 Å². The predicted octanol–water partition coefficient (Wildman–Crippen LogP) is 0.463. The highest BCUT2D eigenvalue weighted by atomic mass is 32.2. The van der Waals surface area contributed by atoms with Crippen LogP contribution in [-0.2, 0) is 9.59 Å². The van der Waals surface area contributed by atoms with E-state index in [2.05, 4.69) is 10.3 Å². The molecule has 7 nitrogen and oxygen atoms in total. The Morgan fingerprint density at radius 2 is 2.05 bits per heavy atom. The molecule has 0 aliphatic rings. The van der Waals surface area contributed by atoms with Gasteiger partial charge < -0.3 is 15.5 Å². The van der Waals surface area contributed by atoms with Gasteiger partial charge in [0.05, 0.1) is 17.7 Å². The summed E-state index contributed by atoms with van der Waals surface area (Å²) < 4.78 is 0. The minimum atomic E-state index is -1.11. The molecule has 0 atom stereocenters. The van der Waals surface area contributed by atoms with E-state index in [0.29, 0.717) is 0 Å². The van der Waals surface area contributed by atoms with E-state index in [1.807, 2.05) is 0 Å². The zero-order chi connectivity index (χ0) is 14.3. The molecule has 0 saturated carbocycles. The standard InChI is InChI=1S/C11H12N2O5S/c14-8(12-5-3-9(15)16)6-19-10-7(11(17)18)2-1-4-13-10/h1-2,4H,3,5-6H2,(H,12,14)(H,15,16)(H,17,18). The Bertz CT molecular complexity index is 492. The Balaban J connectivity index is 2.46. The number of hydrogen-bond donors (Lipinski definition) is 3. The maximum absolute atomic E-state index is 11.4. The summed E-state index contributed by atoms with van der Waals surface area (Å²) in [5.41, 5.74) is 0.0332. The van der Waals surface area contributed by atoms with Gasteiger partial charge in [0.1, 0.15) is 5.03 Å². The molecular formula is C11H12N2O5S. The number of carbonyl (C=O) groups excluding carboxylic acids is 1. The maximum Gasteiger partial charge on any atom is 0.338 e. The fraction of sp³-hybridized carbons (Fsp3) is 0.273. The van der Waals surface area contributed by atoms with Crippen molar-refractivity contribution in [2.45, 2.75) is 11.4 Å². The molecule has 0 spiro atoms. The number of hydrogen-bond acceptors (Lipinski definition) is 5. The second-order valence-electron chi connectivity index (χ2n) is 3.44. The molecule has 0 aromatic carbocycles. The van der Waals surface area contributed by atoms with Crippen molar-refractivity contribution in [3.8, 4) is 0 Å². The van der Waals surface area contributed by atoms with Crippen LogP contribution >= 0.6 is 11.8 Å². The fourth-order valence-electron chi connectivity index (χ4n) is 1.16. The summed E-state index contributed by atoms with van der Waals surface area (Å²) in [5.74, 6) is -2.49. The van der Waals surface area contributed by atoms with E-state index in [4.69, 9.17) is 10.2 Å². The molecule has 0 unspecified atom stereocenters. The van der Waals surface area contributed by atoms with E-state index < -0.39 is 11.9 Å². The van der Waals surface area contributed by atoms with E-state index >= 15 is 0 Å². The summed E-state index contributed by atoms with van der Waals surface area (Å²) in [6.07, 6.45) is 1.29. The third kappa shape index (κ3) is 5.38. The molecule has 3 N–H and O–H groups in total. The number of carboxylic acid groups (broad SMARTS) is 2.